The van der Waals surface area contributed by atoms with Crippen LogP contribution in [0.25, 0.3) is 0 Å². The first-order valence-electron chi connectivity index (χ1n) is 7.25. The van der Waals surface area contributed by atoms with Gasteiger partial charge in [0.25, 0.3) is 0 Å². The maximum absolute atomic E-state index is 11.2. The highest BCUT2D eigenvalue weighted by atomic mass is 16.5. The average Bonchev–Trinajstić information content (AvgIpc) is 2.38. The molecule has 0 amide bonds. The molecule has 1 aromatic rings. The molecule has 0 fully saturated rings. The Morgan fingerprint density at radius 1 is 1.32 bits per heavy atom. The normalized spacial score (nSPS) is 13.6. The van der Waals surface area contributed by atoms with Gasteiger partial charge in [0.15, 0.2) is 0 Å². The Morgan fingerprint density at radius 2 is 1.91 bits per heavy atom. The summed E-state index contributed by atoms with van der Waals surface area (Å²) < 4.78 is 5.26. The number of aliphatic carboxylic acids is 1. The summed E-state index contributed by atoms with van der Waals surface area (Å²) in [7, 11) is 1.55. The molecule has 122 valence electrons. The molecule has 0 saturated heterocycles. The molecule has 22 heavy (non-hydrogen) atoms. The molecule has 0 unspecified atom stereocenters. The zero-order chi connectivity index (χ0) is 17.1. The van der Waals surface area contributed by atoms with Crippen molar-refractivity contribution in [2.24, 2.45) is 10.9 Å². The van der Waals surface area contributed by atoms with Crippen molar-refractivity contribution in [3.05, 3.63) is 23.3 Å². The second kappa shape index (κ2) is 6.81. The van der Waals surface area contributed by atoms with E-state index in [9.17, 15) is 15.0 Å². The molecule has 0 aliphatic heterocycles. The van der Waals surface area contributed by atoms with E-state index in [1.807, 2.05) is 20.8 Å². The first-order chi connectivity index (χ1) is 10.1. The number of nitrogens with zero attached hydrogens (tertiary/aromatic N) is 1. The average molecular weight is 307 g/mol. The van der Waals surface area contributed by atoms with Crippen LogP contribution in [-0.4, -0.2) is 35.5 Å². The number of rotatable bonds is 5. The molecule has 1 atom stereocenters. The van der Waals surface area contributed by atoms with Crippen LogP contribution in [-0.2, 0) is 10.2 Å². The van der Waals surface area contributed by atoms with Crippen LogP contribution in [0, 0.1) is 5.92 Å². The Kier molecular flexibility index (Phi) is 5.58. The molecule has 0 aliphatic rings. The number of ether oxygens (including phenoxy) is 1. The van der Waals surface area contributed by atoms with Gasteiger partial charge < -0.3 is 14.9 Å². The minimum Gasteiger partial charge on any atom is -0.507 e. The highest BCUT2D eigenvalue weighted by Gasteiger charge is 2.23. The lowest BCUT2D eigenvalue weighted by molar-refractivity contribution is -0.139. The van der Waals surface area contributed by atoms with Crippen molar-refractivity contribution in [1.82, 2.24) is 0 Å². The second-order valence-corrected chi connectivity index (χ2v) is 6.67. The van der Waals surface area contributed by atoms with E-state index in [0.29, 0.717) is 11.3 Å². The van der Waals surface area contributed by atoms with E-state index in [0.717, 1.165) is 5.56 Å². The van der Waals surface area contributed by atoms with E-state index in [1.165, 1.54) is 6.21 Å². The van der Waals surface area contributed by atoms with Gasteiger partial charge in [-0.3, -0.25) is 4.99 Å². The summed E-state index contributed by atoms with van der Waals surface area (Å²) in [5.41, 5.74) is 0.909. The van der Waals surface area contributed by atoms with Crippen LogP contribution in [0.15, 0.2) is 17.1 Å². The van der Waals surface area contributed by atoms with Gasteiger partial charge in [-0.25, -0.2) is 4.79 Å². The van der Waals surface area contributed by atoms with Crippen LogP contribution in [0.1, 0.15) is 45.7 Å². The van der Waals surface area contributed by atoms with Gasteiger partial charge in [0.1, 0.15) is 17.5 Å². The molecule has 1 rings (SSSR count). The molecule has 5 heteroatoms. The van der Waals surface area contributed by atoms with Gasteiger partial charge in [0, 0.05) is 17.3 Å². The predicted molar refractivity (Wildman–Crippen MR) is 87.2 cm³/mol. The number of phenolic OH excluding ortho intramolecular Hbond substituents is 1. The quantitative estimate of drug-likeness (QED) is 0.819. The number of phenols is 1. The van der Waals surface area contributed by atoms with Gasteiger partial charge in [0.2, 0.25) is 0 Å². The predicted octanol–water partition coefficient (Wildman–Crippen LogP) is 3.23. The van der Waals surface area contributed by atoms with Gasteiger partial charge in [0.05, 0.1) is 7.11 Å². The fraction of sp³-hybridized carbons (Fsp3) is 0.529. The summed E-state index contributed by atoms with van der Waals surface area (Å²) in [6.45, 7) is 9.54. The molecule has 0 aliphatic carbocycles. The van der Waals surface area contributed by atoms with Crippen LogP contribution < -0.4 is 4.74 Å². The third kappa shape index (κ3) is 4.23. The topological polar surface area (TPSA) is 79.1 Å². The van der Waals surface area contributed by atoms with Crippen molar-refractivity contribution >= 4 is 12.2 Å². The van der Waals surface area contributed by atoms with E-state index in [1.54, 1.807) is 33.1 Å². The third-order valence-corrected chi connectivity index (χ3v) is 3.42. The highest BCUT2D eigenvalue weighted by molar-refractivity contribution is 5.87. The van der Waals surface area contributed by atoms with Crippen LogP contribution in [0.5, 0.6) is 11.5 Å². The number of benzene rings is 1. The van der Waals surface area contributed by atoms with Gasteiger partial charge in [-0.05, 0) is 23.5 Å². The second-order valence-electron chi connectivity index (χ2n) is 6.67. The summed E-state index contributed by atoms with van der Waals surface area (Å²) in [4.78, 5) is 15.3. The van der Waals surface area contributed by atoms with E-state index in [-0.39, 0.29) is 17.1 Å². The number of aromatic hydroxyl groups is 1. The Balaban J connectivity index is 3.32. The summed E-state index contributed by atoms with van der Waals surface area (Å²) in [6.07, 6.45) is 1.41. The Hall–Kier alpha value is -2.04. The molecule has 1 aromatic carbocycles. The molecule has 0 heterocycles. The van der Waals surface area contributed by atoms with Crippen molar-refractivity contribution in [3.8, 4) is 11.5 Å². The first-order valence-corrected chi connectivity index (χ1v) is 7.25. The van der Waals surface area contributed by atoms with Crippen molar-refractivity contribution in [3.63, 3.8) is 0 Å². The number of methoxy groups -OCH3 is 1. The van der Waals surface area contributed by atoms with E-state index in [4.69, 9.17) is 4.74 Å². The maximum atomic E-state index is 11.2. The third-order valence-electron chi connectivity index (χ3n) is 3.42. The monoisotopic (exact) mass is 307 g/mol. The molecule has 0 aromatic heterocycles. The molecule has 0 radical (unpaired) electrons. The standard InChI is InChI=1S/C17H25NO4/c1-10(2)14(16(20)21)18-9-11-7-12(22-6)8-13(15(11)19)17(3,4)5/h7-10,14,19H,1-6H3,(H,20,21)/t14-/m0/s1. The number of aliphatic imine (C=N–C) groups is 1. The molecule has 0 saturated carbocycles. The first kappa shape index (κ1) is 18.0. The Morgan fingerprint density at radius 3 is 2.32 bits per heavy atom. The smallest absolute Gasteiger partial charge is 0.328 e. The number of hydrogen-bond donors (Lipinski definition) is 2. The van der Waals surface area contributed by atoms with E-state index in [2.05, 4.69) is 4.99 Å². The maximum Gasteiger partial charge on any atom is 0.328 e. The minimum absolute atomic E-state index is 0.102. The molecular weight excluding hydrogens is 282 g/mol. The molecule has 5 nitrogen and oxygen atoms in total. The fourth-order valence-electron chi connectivity index (χ4n) is 2.10. The van der Waals surface area contributed by atoms with Gasteiger partial charge >= 0.3 is 5.97 Å². The van der Waals surface area contributed by atoms with E-state index < -0.39 is 12.0 Å². The number of hydrogen-bond acceptors (Lipinski definition) is 4. The SMILES string of the molecule is COc1cc(C=N[C@H](C(=O)O)C(C)C)c(O)c(C(C)(C)C)c1. The Bertz CT molecular complexity index is 571. The Labute approximate surface area is 131 Å². The zero-order valence-corrected chi connectivity index (χ0v) is 14.0. The van der Waals surface area contributed by atoms with Crippen LogP contribution >= 0.6 is 0 Å². The van der Waals surface area contributed by atoms with Crippen molar-refractivity contribution in [2.75, 3.05) is 7.11 Å². The molecular formula is C17H25NO4. The lowest BCUT2D eigenvalue weighted by Crippen LogP contribution is -2.24. The highest BCUT2D eigenvalue weighted by Crippen LogP contribution is 2.36. The summed E-state index contributed by atoms with van der Waals surface area (Å²) in [5, 5.41) is 19.6. The van der Waals surface area contributed by atoms with Gasteiger partial charge in [-0.2, -0.15) is 0 Å². The van der Waals surface area contributed by atoms with Gasteiger partial charge in [-0.1, -0.05) is 34.6 Å². The fourth-order valence-corrected chi connectivity index (χ4v) is 2.10. The van der Waals surface area contributed by atoms with Crippen LogP contribution in [0.3, 0.4) is 0 Å². The van der Waals surface area contributed by atoms with E-state index >= 15 is 0 Å². The summed E-state index contributed by atoms with van der Waals surface area (Å²) in [6, 6.07) is 2.58. The van der Waals surface area contributed by atoms with Crippen molar-refractivity contribution in [2.45, 2.75) is 46.1 Å². The zero-order valence-electron chi connectivity index (χ0n) is 14.0. The van der Waals surface area contributed by atoms with Gasteiger partial charge in [-0.15, -0.1) is 0 Å². The largest absolute Gasteiger partial charge is 0.507 e. The molecule has 0 bridgehead atoms. The molecule has 2 N–H and O–H groups in total. The summed E-state index contributed by atoms with van der Waals surface area (Å²) >= 11 is 0. The van der Waals surface area contributed by atoms with Crippen LogP contribution in [0.2, 0.25) is 0 Å². The lowest BCUT2D eigenvalue weighted by atomic mass is 9.85. The van der Waals surface area contributed by atoms with Crippen molar-refractivity contribution < 1.29 is 19.7 Å². The number of carboxylic acid groups (broad SMARTS) is 1. The lowest BCUT2D eigenvalue weighted by Gasteiger charge is -2.22. The molecule has 0 spiro atoms. The number of carbonyl (C=O) groups is 1. The minimum atomic E-state index is -0.982. The summed E-state index contributed by atoms with van der Waals surface area (Å²) in [5.74, 6) is -0.418. The van der Waals surface area contributed by atoms with Crippen molar-refractivity contribution in [1.29, 1.82) is 0 Å². The van der Waals surface area contributed by atoms with Crippen LogP contribution in [0.4, 0.5) is 0 Å². The number of carboxylic acids is 1.